The summed E-state index contributed by atoms with van der Waals surface area (Å²) >= 11 is 6.80. The number of nitrogens with one attached hydrogen (secondary N) is 1. The molecule has 0 aromatic heterocycles. The van der Waals surface area contributed by atoms with Crippen molar-refractivity contribution in [3.63, 3.8) is 0 Å². The molecule has 3 rings (SSSR count). The first kappa shape index (κ1) is 16.5. The predicted octanol–water partition coefficient (Wildman–Crippen LogP) is 4.38. The van der Waals surface area contributed by atoms with Crippen molar-refractivity contribution in [1.82, 2.24) is 5.32 Å². The van der Waals surface area contributed by atoms with Gasteiger partial charge < -0.3 is 4.74 Å². The zero-order valence-electron chi connectivity index (χ0n) is 12.2. The summed E-state index contributed by atoms with van der Waals surface area (Å²) in [6, 6.07) is 11.4. The molecule has 0 aliphatic carbocycles. The van der Waals surface area contributed by atoms with Crippen LogP contribution in [0.2, 0.25) is 5.02 Å². The highest BCUT2D eigenvalue weighted by molar-refractivity contribution is 8.18. The van der Waals surface area contributed by atoms with Crippen LogP contribution in [0, 0.1) is 5.82 Å². The number of amides is 2. The van der Waals surface area contributed by atoms with Gasteiger partial charge in [-0.3, -0.25) is 14.9 Å². The fourth-order valence-electron chi connectivity index (χ4n) is 2.11. The summed E-state index contributed by atoms with van der Waals surface area (Å²) in [5, 5.41) is 2.05. The van der Waals surface area contributed by atoms with Gasteiger partial charge in [-0.15, -0.1) is 0 Å². The standard InChI is InChI=1S/C17H11ClFNO3S/c18-12-5-3-6-13(19)11(12)9-23-14-7-2-1-4-10(14)8-15-16(21)20-17(22)24-15/h1-8H,9H2,(H,20,21,22)/b15-8-. The molecular weight excluding hydrogens is 353 g/mol. The Bertz CT molecular complexity index is 833. The molecule has 1 fully saturated rings. The Balaban J connectivity index is 1.84. The third-order valence-electron chi connectivity index (χ3n) is 3.28. The lowest BCUT2D eigenvalue weighted by atomic mass is 10.1. The molecule has 1 N–H and O–H groups in total. The number of rotatable bonds is 4. The average Bonchev–Trinajstić information content (AvgIpc) is 2.86. The molecule has 1 aliphatic heterocycles. The summed E-state index contributed by atoms with van der Waals surface area (Å²) in [5.41, 5.74) is 0.863. The van der Waals surface area contributed by atoms with Gasteiger partial charge in [-0.05, 0) is 36.0 Å². The topological polar surface area (TPSA) is 55.4 Å². The third kappa shape index (κ3) is 3.60. The molecule has 1 heterocycles. The van der Waals surface area contributed by atoms with Crippen LogP contribution in [-0.4, -0.2) is 11.1 Å². The number of para-hydroxylation sites is 1. The highest BCUT2D eigenvalue weighted by Gasteiger charge is 2.25. The second kappa shape index (κ2) is 7.07. The minimum Gasteiger partial charge on any atom is -0.488 e. The highest BCUT2D eigenvalue weighted by atomic mass is 35.5. The molecule has 1 aliphatic rings. The first-order valence-electron chi connectivity index (χ1n) is 6.94. The molecule has 24 heavy (non-hydrogen) atoms. The van der Waals surface area contributed by atoms with E-state index in [0.29, 0.717) is 11.3 Å². The normalized spacial score (nSPS) is 15.7. The quantitative estimate of drug-likeness (QED) is 0.819. The van der Waals surface area contributed by atoms with Gasteiger partial charge in [0.15, 0.2) is 0 Å². The second-order valence-corrected chi connectivity index (χ2v) is 6.30. The van der Waals surface area contributed by atoms with E-state index in [4.69, 9.17) is 16.3 Å². The van der Waals surface area contributed by atoms with E-state index in [1.165, 1.54) is 12.1 Å². The van der Waals surface area contributed by atoms with E-state index in [0.717, 1.165) is 11.8 Å². The van der Waals surface area contributed by atoms with Crippen LogP contribution in [0.15, 0.2) is 47.4 Å². The van der Waals surface area contributed by atoms with Crippen molar-refractivity contribution in [3.05, 3.63) is 69.3 Å². The molecule has 4 nitrogen and oxygen atoms in total. The fraction of sp³-hybridized carbons (Fsp3) is 0.0588. The van der Waals surface area contributed by atoms with E-state index in [1.807, 2.05) is 0 Å². The average molecular weight is 364 g/mol. The lowest BCUT2D eigenvalue weighted by Gasteiger charge is -2.11. The molecule has 2 aromatic rings. The van der Waals surface area contributed by atoms with Crippen LogP contribution in [0.25, 0.3) is 6.08 Å². The Labute approximate surface area is 146 Å². The number of halogens is 2. The number of hydrogen-bond acceptors (Lipinski definition) is 4. The van der Waals surface area contributed by atoms with Gasteiger partial charge in [-0.2, -0.15) is 0 Å². The Hall–Kier alpha value is -2.31. The maximum Gasteiger partial charge on any atom is 0.290 e. The molecule has 0 unspecified atom stereocenters. The van der Waals surface area contributed by atoms with Crippen LogP contribution in [0.3, 0.4) is 0 Å². The Morgan fingerprint density at radius 3 is 2.67 bits per heavy atom. The SMILES string of the molecule is O=C1NC(=O)/C(=C/c2ccccc2OCc2c(F)cccc2Cl)S1. The molecule has 0 saturated carbocycles. The molecule has 0 bridgehead atoms. The van der Waals surface area contributed by atoms with Crippen LogP contribution in [-0.2, 0) is 11.4 Å². The summed E-state index contributed by atoms with van der Waals surface area (Å²) in [5.74, 6) is -0.441. The van der Waals surface area contributed by atoms with Gasteiger partial charge in [0, 0.05) is 11.1 Å². The molecule has 0 radical (unpaired) electrons. The highest BCUT2D eigenvalue weighted by Crippen LogP contribution is 2.30. The third-order valence-corrected chi connectivity index (χ3v) is 4.45. The van der Waals surface area contributed by atoms with Crippen molar-refractivity contribution in [2.75, 3.05) is 0 Å². The smallest absolute Gasteiger partial charge is 0.290 e. The molecule has 2 amide bonds. The fourth-order valence-corrected chi connectivity index (χ4v) is 3.00. The monoisotopic (exact) mass is 363 g/mol. The number of hydrogen-bond donors (Lipinski definition) is 1. The second-order valence-electron chi connectivity index (χ2n) is 4.88. The van der Waals surface area contributed by atoms with Gasteiger partial charge >= 0.3 is 0 Å². The van der Waals surface area contributed by atoms with Gasteiger partial charge in [-0.25, -0.2) is 4.39 Å². The number of carbonyl (C=O) groups excluding carboxylic acids is 2. The molecule has 122 valence electrons. The summed E-state index contributed by atoms with van der Waals surface area (Å²) in [4.78, 5) is 23.1. The van der Waals surface area contributed by atoms with E-state index >= 15 is 0 Å². The molecule has 1 saturated heterocycles. The van der Waals surface area contributed by atoms with Crippen molar-refractivity contribution in [2.45, 2.75) is 6.61 Å². The van der Waals surface area contributed by atoms with E-state index in [-0.39, 0.29) is 22.1 Å². The summed E-state index contributed by atoms with van der Waals surface area (Å²) in [7, 11) is 0. The van der Waals surface area contributed by atoms with Gasteiger partial charge in [0.25, 0.3) is 11.1 Å². The number of thioether (sulfide) groups is 1. The summed E-state index contributed by atoms with van der Waals surface area (Å²) in [6.07, 6.45) is 1.56. The number of ether oxygens (including phenoxy) is 1. The van der Waals surface area contributed by atoms with E-state index in [2.05, 4.69) is 5.32 Å². The van der Waals surface area contributed by atoms with Gasteiger partial charge in [0.2, 0.25) is 0 Å². The van der Waals surface area contributed by atoms with Crippen molar-refractivity contribution in [3.8, 4) is 5.75 Å². The molecule has 0 spiro atoms. The summed E-state index contributed by atoms with van der Waals surface area (Å²) < 4.78 is 19.5. The maximum atomic E-state index is 13.8. The molecule has 7 heteroatoms. The zero-order valence-corrected chi connectivity index (χ0v) is 13.8. The first-order chi connectivity index (χ1) is 11.5. The lowest BCUT2D eigenvalue weighted by Crippen LogP contribution is -2.17. The van der Waals surface area contributed by atoms with Crippen molar-refractivity contribution >= 4 is 40.6 Å². The zero-order chi connectivity index (χ0) is 17.1. The number of benzene rings is 2. The van der Waals surface area contributed by atoms with Gasteiger partial charge in [-0.1, -0.05) is 35.9 Å². The van der Waals surface area contributed by atoms with Crippen LogP contribution in [0.5, 0.6) is 5.75 Å². The van der Waals surface area contributed by atoms with E-state index in [9.17, 15) is 14.0 Å². The van der Waals surface area contributed by atoms with E-state index in [1.54, 1.807) is 36.4 Å². The van der Waals surface area contributed by atoms with Crippen molar-refractivity contribution in [2.24, 2.45) is 0 Å². The van der Waals surface area contributed by atoms with Gasteiger partial charge in [0.1, 0.15) is 18.2 Å². The Morgan fingerprint density at radius 1 is 1.17 bits per heavy atom. The van der Waals surface area contributed by atoms with Crippen LogP contribution in [0.4, 0.5) is 9.18 Å². The van der Waals surface area contributed by atoms with Crippen LogP contribution < -0.4 is 10.1 Å². The first-order valence-corrected chi connectivity index (χ1v) is 8.13. The number of imide groups is 1. The van der Waals surface area contributed by atoms with Crippen LogP contribution in [0.1, 0.15) is 11.1 Å². The Kier molecular flexibility index (Phi) is 4.87. The molecular formula is C17H11ClFNO3S. The largest absolute Gasteiger partial charge is 0.488 e. The van der Waals surface area contributed by atoms with Crippen molar-refractivity contribution in [1.29, 1.82) is 0 Å². The lowest BCUT2D eigenvalue weighted by molar-refractivity contribution is -0.115. The van der Waals surface area contributed by atoms with E-state index < -0.39 is 17.0 Å². The predicted molar refractivity (Wildman–Crippen MR) is 91.3 cm³/mol. The summed E-state index contributed by atoms with van der Waals surface area (Å²) in [6.45, 7) is -0.0516. The Morgan fingerprint density at radius 2 is 1.96 bits per heavy atom. The van der Waals surface area contributed by atoms with Gasteiger partial charge in [0.05, 0.1) is 9.93 Å². The molecule has 2 aromatic carbocycles. The van der Waals surface area contributed by atoms with Crippen LogP contribution >= 0.6 is 23.4 Å². The minimum absolute atomic E-state index is 0.0516. The van der Waals surface area contributed by atoms with Crippen molar-refractivity contribution < 1.29 is 18.7 Å². The molecule has 0 atom stereocenters. The number of carbonyl (C=O) groups is 2. The minimum atomic E-state index is -0.449. The maximum absolute atomic E-state index is 13.8.